The lowest BCUT2D eigenvalue weighted by molar-refractivity contribution is 0.0694. The molecule has 0 saturated heterocycles. The van der Waals surface area contributed by atoms with Gasteiger partial charge in [-0.3, -0.25) is 0 Å². The van der Waals surface area contributed by atoms with Crippen LogP contribution in [0.5, 0.6) is 0 Å². The Morgan fingerprint density at radius 3 is 2.89 bits per heavy atom. The molecule has 106 valence electrons. The van der Waals surface area contributed by atoms with E-state index in [0.29, 0.717) is 12.2 Å². The van der Waals surface area contributed by atoms with Crippen molar-refractivity contribution in [2.75, 3.05) is 18.6 Å². The van der Waals surface area contributed by atoms with Crippen molar-refractivity contribution in [2.45, 2.75) is 32.2 Å². The topological polar surface area (TPSA) is 75.1 Å². The Labute approximate surface area is 118 Å². The molecular formula is C13H21N3O2S. The van der Waals surface area contributed by atoms with Crippen LogP contribution >= 0.6 is 11.8 Å². The fourth-order valence-corrected chi connectivity index (χ4v) is 2.22. The van der Waals surface area contributed by atoms with Gasteiger partial charge in [0, 0.05) is 12.7 Å². The van der Waals surface area contributed by atoms with Crippen LogP contribution in [-0.4, -0.2) is 39.6 Å². The molecule has 0 bridgehead atoms. The predicted molar refractivity (Wildman–Crippen MR) is 77.5 cm³/mol. The summed E-state index contributed by atoms with van der Waals surface area (Å²) in [5.74, 6) is 0.255. The molecule has 6 heteroatoms. The molecule has 0 saturated carbocycles. The summed E-state index contributed by atoms with van der Waals surface area (Å²) in [7, 11) is 0. The molecule has 0 spiro atoms. The first-order chi connectivity index (χ1) is 9.25. The van der Waals surface area contributed by atoms with Crippen molar-refractivity contribution in [3.63, 3.8) is 0 Å². The molecule has 1 aromatic rings. The van der Waals surface area contributed by atoms with Gasteiger partial charge < -0.3 is 10.4 Å². The molecule has 1 rings (SSSR count). The van der Waals surface area contributed by atoms with Crippen molar-refractivity contribution in [3.8, 4) is 0 Å². The summed E-state index contributed by atoms with van der Waals surface area (Å²) in [6.45, 7) is 1.37. The number of aromatic nitrogens is 2. The smallest absolute Gasteiger partial charge is 0.339 e. The number of carboxylic acid groups (broad SMARTS) is 1. The van der Waals surface area contributed by atoms with Crippen LogP contribution in [0.1, 0.15) is 41.7 Å². The van der Waals surface area contributed by atoms with E-state index in [0.717, 1.165) is 13.0 Å². The van der Waals surface area contributed by atoms with Crippen LogP contribution < -0.4 is 5.32 Å². The Morgan fingerprint density at radius 2 is 2.16 bits per heavy atom. The number of hydrogen-bond donors (Lipinski definition) is 2. The van der Waals surface area contributed by atoms with Crippen molar-refractivity contribution >= 4 is 17.7 Å². The molecular weight excluding hydrogens is 262 g/mol. The highest BCUT2D eigenvalue weighted by molar-refractivity contribution is 7.98. The zero-order valence-electron chi connectivity index (χ0n) is 11.3. The molecule has 0 aliphatic carbocycles. The summed E-state index contributed by atoms with van der Waals surface area (Å²) in [5.41, 5.74) is 0.722. The van der Waals surface area contributed by atoms with Gasteiger partial charge in [-0.15, -0.1) is 0 Å². The molecule has 0 unspecified atom stereocenters. The van der Waals surface area contributed by atoms with Gasteiger partial charge in [0.15, 0.2) is 0 Å². The number of carboxylic acids is 1. The summed E-state index contributed by atoms with van der Waals surface area (Å²) in [4.78, 5) is 18.7. The molecule has 19 heavy (non-hydrogen) atoms. The summed E-state index contributed by atoms with van der Waals surface area (Å²) in [5, 5.41) is 12.2. The second kappa shape index (κ2) is 9.75. The van der Waals surface area contributed by atoms with Crippen molar-refractivity contribution < 1.29 is 9.90 Å². The largest absolute Gasteiger partial charge is 0.478 e. The number of aromatic carboxylic acids is 1. The number of unbranched alkanes of at least 4 members (excludes halogenated alkanes) is 3. The van der Waals surface area contributed by atoms with Gasteiger partial charge in [0.25, 0.3) is 0 Å². The Morgan fingerprint density at radius 1 is 1.37 bits per heavy atom. The van der Waals surface area contributed by atoms with Gasteiger partial charge in [-0.1, -0.05) is 12.8 Å². The third-order valence-electron chi connectivity index (χ3n) is 2.77. The summed E-state index contributed by atoms with van der Waals surface area (Å²) < 4.78 is 0. The first-order valence-corrected chi connectivity index (χ1v) is 7.87. The molecule has 2 N–H and O–H groups in total. The maximum Gasteiger partial charge on any atom is 0.339 e. The van der Waals surface area contributed by atoms with E-state index in [9.17, 15) is 4.79 Å². The molecule has 0 aliphatic heterocycles. The minimum atomic E-state index is -0.977. The van der Waals surface area contributed by atoms with E-state index in [1.165, 1.54) is 37.5 Å². The average molecular weight is 283 g/mol. The molecule has 0 aliphatic rings. The number of thioether (sulfide) groups is 1. The normalized spacial score (nSPS) is 10.6. The summed E-state index contributed by atoms with van der Waals surface area (Å²) >= 11 is 1.89. The molecule has 1 heterocycles. The minimum Gasteiger partial charge on any atom is -0.478 e. The maximum atomic E-state index is 10.9. The lowest BCUT2D eigenvalue weighted by Crippen LogP contribution is -2.18. The van der Waals surface area contributed by atoms with E-state index in [1.807, 2.05) is 11.8 Å². The molecule has 0 aromatic carbocycles. The summed E-state index contributed by atoms with van der Waals surface area (Å²) in [6.07, 6.45) is 9.71. The van der Waals surface area contributed by atoms with Crippen LogP contribution in [0.25, 0.3) is 0 Å². The van der Waals surface area contributed by atoms with Gasteiger partial charge in [-0.05, 0) is 31.4 Å². The Balaban J connectivity index is 2.17. The van der Waals surface area contributed by atoms with Crippen LogP contribution in [0.2, 0.25) is 0 Å². The highest BCUT2D eigenvalue weighted by Gasteiger charge is 2.10. The monoisotopic (exact) mass is 283 g/mol. The van der Waals surface area contributed by atoms with E-state index in [-0.39, 0.29) is 5.56 Å². The molecule has 0 amide bonds. The van der Waals surface area contributed by atoms with Gasteiger partial charge in [-0.25, -0.2) is 14.8 Å². The third-order valence-corrected chi connectivity index (χ3v) is 3.47. The first-order valence-electron chi connectivity index (χ1n) is 6.47. The number of nitrogens with zero attached hydrogens (tertiary/aromatic N) is 2. The SMILES string of the molecule is CSCCCCCCNCc1ncncc1C(=O)O. The number of carbonyl (C=O) groups is 1. The number of nitrogens with one attached hydrogen (secondary N) is 1. The number of rotatable bonds is 10. The molecule has 5 nitrogen and oxygen atoms in total. The zero-order valence-corrected chi connectivity index (χ0v) is 12.1. The van der Waals surface area contributed by atoms with E-state index in [1.54, 1.807) is 0 Å². The van der Waals surface area contributed by atoms with E-state index < -0.39 is 5.97 Å². The van der Waals surface area contributed by atoms with Crippen LogP contribution in [0, 0.1) is 0 Å². The molecule has 0 atom stereocenters. The molecule has 0 fully saturated rings. The van der Waals surface area contributed by atoms with Gasteiger partial charge in [0.2, 0.25) is 0 Å². The van der Waals surface area contributed by atoms with Gasteiger partial charge in [0.1, 0.15) is 11.9 Å². The fourth-order valence-electron chi connectivity index (χ4n) is 1.73. The second-order valence-corrected chi connectivity index (χ2v) is 5.26. The average Bonchev–Trinajstić information content (AvgIpc) is 2.42. The third kappa shape index (κ3) is 6.54. The fraction of sp³-hybridized carbons (Fsp3) is 0.615. The van der Waals surface area contributed by atoms with Crippen LogP contribution in [-0.2, 0) is 6.54 Å². The van der Waals surface area contributed by atoms with E-state index in [2.05, 4.69) is 21.5 Å². The minimum absolute atomic E-state index is 0.176. The lowest BCUT2D eigenvalue weighted by Gasteiger charge is -2.06. The Kier molecular flexibility index (Phi) is 8.16. The maximum absolute atomic E-state index is 10.9. The number of hydrogen-bond acceptors (Lipinski definition) is 5. The lowest BCUT2D eigenvalue weighted by atomic mass is 10.2. The molecule has 0 radical (unpaired) electrons. The first kappa shape index (κ1) is 15.9. The molecule has 1 aromatic heterocycles. The van der Waals surface area contributed by atoms with Crippen molar-refractivity contribution in [1.29, 1.82) is 0 Å². The summed E-state index contributed by atoms with van der Waals surface area (Å²) in [6, 6.07) is 0. The van der Waals surface area contributed by atoms with Gasteiger partial charge in [0.05, 0.1) is 5.69 Å². The van der Waals surface area contributed by atoms with E-state index >= 15 is 0 Å². The standard InChI is InChI=1S/C13H21N3O2S/c1-19-7-5-3-2-4-6-14-9-12-11(13(17)18)8-15-10-16-12/h8,10,14H,2-7,9H2,1H3,(H,17,18). The van der Waals surface area contributed by atoms with Crippen LogP contribution in [0.4, 0.5) is 0 Å². The highest BCUT2D eigenvalue weighted by atomic mass is 32.2. The van der Waals surface area contributed by atoms with Gasteiger partial charge in [-0.2, -0.15) is 11.8 Å². The van der Waals surface area contributed by atoms with Crippen molar-refractivity contribution in [2.24, 2.45) is 0 Å². The van der Waals surface area contributed by atoms with E-state index in [4.69, 9.17) is 5.11 Å². The van der Waals surface area contributed by atoms with Crippen molar-refractivity contribution in [3.05, 3.63) is 23.8 Å². The Bertz CT molecular complexity index is 388. The van der Waals surface area contributed by atoms with Crippen LogP contribution in [0.3, 0.4) is 0 Å². The van der Waals surface area contributed by atoms with Gasteiger partial charge >= 0.3 is 5.97 Å². The Hall–Kier alpha value is -1.14. The zero-order chi connectivity index (χ0) is 13.9. The predicted octanol–water partition coefficient (Wildman–Crippen LogP) is 2.19. The second-order valence-electron chi connectivity index (χ2n) is 4.27. The van der Waals surface area contributed by atoms with Crippen molar-refractivity contribution in [1.82, 2.24) is 15.3 Å². The quantitative estimate of drug-likeness (QED) is 0.641. The highest BCUT2D eigenvalue weighted by Crippen LogP contribution is 2.05. The van der Waals surface area contributed by atoms with Crippen LogP contribution in [0.15, 0.2) is 12.5 Å².